The minimum absolute atomic E-state index is 0.0839. The number of hydrogen-bond donors (Lipinski definition) is 0. The van der Waals surface area contributed by atoms with Crippen molar-refractivity contribution in [2.75, 3.05) is 18.9 Å². The summed E-state index contributed by atoms with van der Waals surface area (Å²) in [5, 5.41) is 0.919. The second-order valence-corrected chi connectivity index (χ2v) is 5.04. The second kappa shape index (κ2) is 5.65. The Hall–Kier alpha value is -0.870. The van der Waals surface area contributed by atoms with Gasteiger partial charge in [0.05, 0.1) is 13.2 Å². The number of halogens is 1. The molecule has 0 unspecified atom stereocenters. The number of alkyl halides is 1. The zero-order valence-corrected chi connectivity index (χ0v) is 11.5. The van der Waals surface area contributed by atoms with Gasteiger partial charge in [-0.3, -0.25) is 4.79 Å². The van der Waals surface area contributed by atoms with Crippen LogP contribution in [0.3, 0.4) is 0 Å². The van der Waals surface area contributed by atoms with E-state index in [0.717, 1.165) is 29.4 Å². The van der Waals surface area contributed by atoms with Gasteiger partial charge in [0.1, 0.15) is 0 Å². The number of nitrogens with zero attached hydrogens (tertiary/aromatic N) is 1. The van der Waals surface area contributed by atoms with Gasteiger partial charge in [0, 0.05) is 24.5 Å². The molecule has 1 amide bonds. The first kappa shape index (κ1) is 12.6. The normalized spacial score (nSPS) is 13.5. The van der Waals surface area contributed by atoms with Gasteiger partial charge >= 0.3 is 0 Å². The van der Waals surface area contributed by atoms with Crippen LogP contribution in [0, 0.1) is 0 Å². The molecule has 1 heterocycles. The number of carbonyl (C=O) groups is 1. The van der Waals surface area contributed by atoms with Crippen molar-refractivity contribution in [3.63, 3.8) is 0 Å². The molecule has 2 rings (SSSR count). The van der Waals surface area contributed by atoms with Crippen LogP contribution in [0.4, 0.5) is 0 Å². The smallest absolute Gasteiger partial charge is 0.253 e. The molecule has 0 N–H and O–H groups in total. The van der Waals surface area contributed by atoms with E-state index in [4.69, 9.17) is 4.74 Å². The summed E-state index contributed by atoms with van der Waals surface area (Å²) in [6.07, 6.45) is 0.969. The van der Waals surface area contributed by atoms with E-state index in [1.54, 1.807) is 4.90 Å². The predicted octanol–water partition coefficient (Wildman–Crippen LogP) is 2.57. The molecule has 92 valence electrons. The van der Waals surface area contributed by atoms with Crippen LogP contribution < -0.4 is 0 Å². The Morgan fingerprint density at radius 3 is 2.94 bits per heavy atom. The maximum Gasteiger partial charge on any atom is 0.253 e. The number of carbonyl (C=O) groups excluding carboxylic acids is 1. The molecule has 1 aliphatic heterocycles. The highest BCUT2D eigenvalue weighted by molar-refractivity contribution is 9.09. The average Bonchev–Trinajstić information content (AvgIpc) is 2.81. The molecule has 1 aliphatic rings. The number of benzene rings is 1. The third kappa shape index (κ3) is 2.87. The highest BCUT2D eigenvalue weighted by Gasteiger charge is 2.16. The molecule has 4 heteroatoms. The van der Waals surface area contributed by atoms with Crippen LogP contribution >= 0.6 is 15.9 Å². The molecule has 0 spiro atoms. The fourth-order valence-electron chi connectivity index (χ4n) is 1.92. The van der Waals surface area contributed by atoms with Crippen molar-refractivity contribution in [2.24, 2.45) is 0 Å². The van der Waals surface area contributed by atoms with E-state index in [2.05, 4.69) is 15.9 Å². The van der Waals surface area contributed by atoms with Gasteiger partial charge in [0.25, 0.3) is 5.91 Å². The fraction of sp³-hybridized carbons (Fsp3) is 0.462. The summed E-state index contributed by atoms with van der Waals surface area (Å²) in [6, 6.07) is 5.84. The minimum atomic E-state index is 0.0839. The topological polar surface area (TPSA) is 29.5 Å². The van der Waals surface area contributed by atoms with Crippen LogP contribution in [-0.2, 0) is 18.0 Å². The summed E-state index contributed by atoms with van der Waals surface area (Å²) in [6.45, 7) is 2.07. The molecule has 0 aromatic heterocycles. The number of amides is 1. The lowest BCUT2D eigenvalue weighted by molar-refractivity contribution is 0.0795. The predicted molar refractivity (Wildman–Crippen MR) is 70.3 cm³/mol. The van der Waals surface area contributed by atoms with E-state index in [0.29, 0.717) is 13.2 Å². The van der Waals surface area contributed by atoms with Gasteiger partial charge in [-0.25, -0.2) is 0 Å². The van der Waals surface area contributed by atoms with E-state index >= 15 is 0 Å². The van der Waals surface area contributed by atoms with Gasteiger partial charge in [-0.15, -0.1) is 0 Å². The van der Waals surface area contributed by atoms with Crippen molar-refractivity contribution in [2.45, 2.75) is 19.6 Å². The fourth-order valence-corrected chi connectivity index (χ4v) is 2.17. The SMILES string of the molecule is CN(CCCBr)C(=O)c1ccc2c(c1)COC2. The van der Waals surface area contributed by atoms with E-state index in [1.807, 2.05) is 25.2 Å². The van der Waals surface area contributed by atoms with Crippen LogP contribution in [0.2, 0.25) is 0 Å². The highest BCUT2D eigenvalue weighted by Crippen LogP contribution is 2.21. The van der Waals surface area contributed by atoms with Crippen LogP contribution in [0.5, 0.6) is 0 Å². The molecule has 17 heavy (non-hydrogen) atoms. The molecular weight excluding hydrogens is 282 g/mol. The van der Waals surface area contributed by atoms with Crippen LogP contribution in [-0.4, -0.2) is 29.7 Å². The summed E-state index contributed by atoms with van der Waals surface area (Å²) in [5.41, 5.74) is 3.10. The van der Waals surface area contributed by atoms with Gasteiger partial charge in [0.2, 0.25) is 0 Å². The third-order valence-electron chi connectivity index (χ3n) is 2.94. The molecule has 1 aromatic carbocycles. The van der Waals surface area contributed by atoms with E-state index in [9.17, 15) is 4.79 Å². The molecule has 0 bridgehead atoms. The van der Waals surface area contributed by atoms with Gasteiger partial charge in [-0.1, -0.05) is 22.0 Å². The lowest BCUT2D eigenvalue weighted by Gasteiger charge is -2.16. The largest absolute Gasteiger partial charge is 0.372 e. The van der Waals surface area contributed by atoms with Crippen LogP contribution in [0.15, 0.2) is 18.2 Å². The maximum atomic E-state index is 12.1. The van der Waals surface area contributed by atoms with Gasteiger partial charge in [0.15, 0.2) is 0 Å². The maximum absolute atomic E-state index is 12.1. The first-order valence-electron chi connectivity index (χ1n) is 5.73. The van der Waals surface area contributed by atoms with Gasteiger partial charge in [-0.2, -0.15) is 0 Å². The summed E-state index contributed by atoms with van der Waals surface area (Å²) in [5.74, 6) is 0.0839. The molecule has 0 saturated carbocycles. The Morgan fingerprint density at radius 2 is 2.18 bits per heavy atom. The molecule has 0 atom stereocenters. The molecule has 0 saturated heterocycles. The van der Waals surface area contributed by atoms with Gasteiger partial charge < -0.3 is 9.64 Å². The lowest BCUT2D eigenvalue weighted by atomic mass is 10.1. The van der Waals surface area contributed by atoms with E-state index in [-0.39, 0.29) is 5.91 Å². The monoisotopic (exact) mass is 297 g/mol. The summed E-state index contributed by atoms with van der Waals surface area (Å²) in [4.78, 5) is 13.9. The van der Waals surface area contributed by atoms with Crippen molar-refractivity contribution >= 4 is 21.8 Å². The number of ether oxygens (including phenoxy) is 1. The zero-order chi connectivity index (χ0) is 12.3. The Balaban J connectivity index is 2.09. The third-order valence-corrected chi connectivity index (χ3v) is 3.50. The highest BCUT2D eigenvalue weighted by atomic mass is 79.9. The van der Waals surface area contributed by atoms with Crippen LogP contribution in [0.25, 0.3) is 0 Å². The molecule has 0 aliphatic carbocycles. The molecule has 3 nitrogen and oxygen atoms in total. The molecular formula is C13H16BrNO2. The van der Waals surface area contributed by atoms with Crippen molar-refractivity contribution < 1.29 is 9.53 Å². The van der Waals surface area contributed by atoms with Crippen molar-refractivity contribution in [3.05, 3.63) is 34.9 Å². The quantitative estimate of drug-likeness (QED) is 0.800. The Bertz CT molecular complexity index is 420. The average molecular weight is 298 g/mol. The van der Waals surface area contributed by atoms with E-state index in [1.165, 1.54) is 5.56 Å². The standard InChI is InChI=1S/C13H16BrNO2/c1-15(6-2-5-14)13(16)10-3-4-11-8-17-9-12(11)7-10/h3-4,7H,2,5-6,8-9H2,1H3. The lowest BCUT2D eigenvalue weighted by Crippen LogP contribution is -2.28. The summed E-state index contributed by atoms with van der Waals surface area (Å²) >= 11 is 3.37. The first-order chi connectivity index (χ1) is 8.22. The van der Waals surface area contributed by atoms with E-state index < -0.39 is 0 Å². The molecule has 0 radical (unpaired) electrons. The van der Waals surface area contributed by atoms with Crippen molar-refractivity contribution in [3.8, 4) is 0 Å². The van der Waals surface area contributed by atoms with Gasteiger partial charge in [-0.05, 0) is 29.7 Å². The second-order valence-electron chi connectivity index (χ2n) is 4.25. The number of fused-ring (bicyclic) bond motifs is 1. The first-order valence-corrected chi connectivity index (χ1v) is 6.85. The van der Waals surface area contributed by atoms with Crippen LogP contribution in [0.1, 0.15) is 27.9 Å². The zero-order valence-electron chi connectivity index (χ0n) is 9.91. The van der Waals surface area contributed by atoms with Crippen molar-refractivity contribution in [1.82, 2.24) is 4.90 Å². The minimum Gasteiger partial charge on any atom is -0.372 e. The van der Waals surface area contributed by atoms with Crippen molar-refractivity contribution in [1.29, 1.82) is 0 Å². The molecule has 0 fully saturated rings. The Morgan fingerprint density at radius 1 is 1.41 bits per heavy atom. The number of rotatable bonds is 4. The number of hydrogen-bond acceptors (Lipinski definition) is 2. The Kier molecular flexibility index (Phi) is 4.18. The summed E-state index contributed by atoms with van der Waals surface area (Å²) in [7, 11) is 1.84. The molecule has 1 aromatic rings. The Labute approximate surface area is 110 Å². The summed E-state index contributed by atoms with van der Waals surface area (Å²) < 4.78 is 5.34.